The van der Waals surface area contributed by atoms with Crippen molar-refractivity contribution in [1.82, 2.24) is 15.5 Å². The van der Waals surface area contributed by atoms with Crippen molar-refractivity contribution in [1.29, 1.82) is 0 Å². The molecule has 0 aliphatic carbocycles. The van der Waals surface area contributed by atoms with E-state index in [2.05, 4.69) is 10.6 Å². The van der Waals surface area contributed by atoms with Gasteiger partial charge in [-0.1, -0.05) is 6.07 Å². The maximum atomic E-state index is 12.8. The summed E-state index contributed by atoms with van der Waals surface area (Å²) in [5, 5.41) is 5.37. The van der Waals surface area contributed by atoms with Crippen molar-refractivity contribution >= 4 is 6.03 Å². The quantitative estimate of drug-likeness (QED) is 0.728. The van der Waals surface area contributed by atoms with Gasteiger partial charge in [-0.2, -0.15) is 0 Å². The molecule has 1 aromatic rings. The number of urea groups is 1. The highest BCUT2D eigenvalue weighted by Crippen LogP contribution is 2.11. The SMILES string of the molecule is CN(C)CCNC(=O)NCCOc1cccc(F)c1. The zero-order valence-electron chi connectivity index (χ0n) is 11.3. The van der Waals surface area contributed by atoms with E-state index in [0.717, 1.165) is 6.54 Å². The topological polar surface area (TPSA) is 53.6 Å². The van der Waals surface area contributed by atoms with E-state index in [9.17, 15) is 9.18 Å². The molecule has 5 nitrogen and oxygen atoms in total. The van der Waals surface area contributed by atoms with Crippen LogP contribution in [0.1, 0.15) is 0 Å². The molecule has 19 heavy (non-hydrogen) atoms. The molecule has 1 rings (SSSR count). The van der Waals surface area contributed by atoms with E-state index in [0.29, 0.717) is 25.4 Å². The highest BCUT2D eigenvalue weighted by molar-refractivity contribution is 5.73. The van der Waals surface area contributed by atoms with E-state index in [1.807, 2.05) is 19.0 Å². The molecule has 0 atom stereocenters. The zero-order chi connectivity index (χ0) is 14.1. The number of hydrogen-bond donors (Lipinski definition) is 2. The second-order valence-electron chi connectivity index (χ2n) is 4.29. The molecule has 1 aromatic carbocycles. The van der Waals surface area contributed by atoms with Gasteiger partial charge in [0.25, 0.3) is 0 Å². The molecule has 0 fully saturated rings. The second-order valence-corrected chi connectivity index (χ2v) is 4.29. The Kier molecular flexibility index (Phi) is 6.67. The Balaban J connectivity index is 2.08. The van der Waals surface area contributed by atoms with Crippen LogP contribution in [0.15, 0.2) is 24.3 Å². The van der Waals surface area contributed by atoms with E-state index < -0.39 is 0 Å². The van der Waals surface area contributed by atoms with Crippen molar-refractivity contribution in [2.75, 3.05) is 40.3 Å². The van der Waals surface area contributed by atoms with Gasteiger partial charge in [-0.3, -0.25) is 0 Å². The van der Waals surface area contributed by atoms with Crippen LogP contribution < -0.4 is 15.4 Å². The Hall–Kier alpha value is -1.82. The molecule has 0 radical (unpaired) electrons. The normalized spacial score (nSPS) is 10.3. The maximum absolute atomic E-state index is 12.8. The Labute approximate surface area is 112 Å². The minimum atomic E-state index is -0.341. The van der Waals surface area contributed by atoms with E-state index >= 15 is 0 Å². The number of likely N-dealkylation sites (N-methyl/N-ethyl adjacent to an activating group) is 1. The van der Waals surface area contributed by atoms with Crippen molar-refractivity contribution in [3.63, 3.8) is 0 Å². The average Bonchev–Trinajstić information content (AvgIpc) is 2.34. The minimum Gasteiger partial charge on any atom is -0.492 e. The van der Waals surface area contributed by atoms with Gasteiger partial charge in [0.1, 0.15) is 18.2 Å². The van der Waals surface area contributed by atoms with Crippen molar-refractivity contribution in [2.45, 2.75) is 0 Å². The highest BCUT2D eigenvalue weighted by Gasteiger charge is 2.00. The summed E-state index contributed by atoms with van der Waals surface area (Å²) in [4.78, 5) is 13.3. The number of hydrogen-bond acceptors (Lipinski definition) is 3. The van der Waals surface area contributed by atoms with Crippen molar-refractivity contribution < 1.29 is 13.9 Å². The summed E-state index contributed by atoms with van der Waals surface area (Å²) in [7, 11) is 3.87. The van der Waals surface area contributed by atoms with E-state index in [1.54, 1.807) is 12.1 Å². The lowest BCUT2D eigenvalue weighted by atomic mass is 10.3. The standard InChI is InChI=1S/C13H20FN3O2/c1-17(2)8-6-15-13(18)16-7-9-19-12-5-3-4-11(14)10-12/h3-5,10H,6-9H2,1-2H3,(H2,15,16,18). The lowest BCUT2D eigenvalue weighted by molar-refractivity contribution is 0.235. The van der Waals surface area contributed by atoms with Gasteiger partial charge >= 0.3 is 6.03 Å². The molecule has 0 aromatic heterocycles. The van der Waals surface area contributed by atoms with Gasteiger partial charge in [0, 0.05) is 19.2 Å². The summed E-state index contributed by atoms with van der Waals surface area (Å²) in [6, 6.07) is 5.66. The minimum absolute atomic E-state index is 0.232. The fraction of sp³-hybridized carbons (Fsp3) is 0.462. The van der Waals surface area contributed by atoms with Gasteiger partial charge in [0.2, 0.25) is 0 Å². The first-order valence-corrected chi connectivity index (χ1v) is 6.13. The van der Waals surface area contributed by atoms with Crippen LogP contribution in [-0.2, 0) is 0 Å². The maximum Gasteiger partial charge on any atom is 0.314 e. The molecule has 106 valence electrons. The Bertz CT molecular complexity index is 399. The number of amides is 2. The third-order valence-electron chi connectivity index (χ3n) is 2.30. The van der Waals surface area contributed by atoms with Crippen LogP contribution in [0.2, 0.25) is 0 Å². The summed E-state index contributed by atoms with van der Waals surface area (Å²) >= 11 is 0. The van der Waals surface area contributed by atoms with Crippen LogP contribution in [0.4, 0.5) is 9.18 Å². The second kappa shape index (κ2) is 8.31. The van der Waals surface area contributed by atoms with Gasteiger partial charge in [-0.15, -0.1) is 0 Å². The molecule has 0 heterocycles. The van der Waals surface area contributed by atoms with Gasteiger partial charge in [0.05, 0.1) is 6.54 Å². The average molecular weight is 269 g/mol. The zero-order valence-corrected chi connectivity index (χ0v) is 11.3. The van der Waals surface area contributed by atoms with Gasteiger partial charge in [-0.05, 0) is 26.2 Å². The van der Waals surface area contributed by atoms with Crippen LogP contribution >= 0.6 is 0 Å². The Morgan fingerprint density at radius 2 is 2.05 bits per heavy atom. The number of halogens is 1. The molecular weight excluding hydrogens is 249 g/mol. The van der Waals surface area contributed by atoms with Gasteiger partial charge < -0.3 is 20.3 Å². The Morgan fingerprint density at radius 1 is 1.32 bits per heavy atom. The predicted molar refractivity (Wildman–Crippen MR) is 71.9 cm³/mol. The third-order valence-corrected chi connectivity index (χ3v) is 2.30. The number of ether oxygens (including phenoxy) is 1. The van der Waals surface area contributed by atoms with E-state index in [-0.39, 0.29) is 11.8 Å². The highest BCUT2D eigenvalue weighted by atomic mass is 19.1. The molecule has 2 N–H and O–H groups in total. The molecule has 0 aliphatic heterocycles. The monoisotopic (exact) mass is 269 g/mol. The van der Waals surface area contributed by atoms with Crippen molar-refractivity contribution in [3.05, 3.63) is 30.1 Å². The van der Waals surface area contributed by atoms with E-state index in [1.165, 1.54) is 12.1 Å². The third kappa shape index (κ3) is 7.25. The van der Waals surface area contributed by atoms with Gasteiger partial charge in [-0.25, -0.2) is 9.18 Å². The predicted octanol–water partition coefficient (Wildman–Crippen LogP) is 1.07. The van der Waals surface area contributed by atoms with E-state index in [4.69, 9.17) is 4.74 Å². The van der Waals surface area contributed by atoms with Crippen LogP contribution in [0.3, 0.4) is 0 Å². The summed E-state index contributed by atoms with van der Waals surface area (Å²) < 4.78 is 18.1. The number of rotatable bonds is 7. The number of nitrogens with zero attached hydrogens (tertiary/aromatic N) is 1. The first-order chi connectivity index (χ1) is 9.08. The first-order valence-electron chi connectivity index (χ1n) is 6.13. The summed E-state index contributed by atoms with van der Waals surface area (Å²) in [5.41, 5.74) is 0. The lowest BCUT2D eigenvalue weighted by Crippen LogP contribution is -2.40. The molecule has 6 heteroatoms. The molecule has 0 saturated heterocycles. The number of carbonyl (C=O) groups excluding carboxylic acids is 1. The van der Waals surface area contributed by atoms with Gasteiger partial charge in [0.15, 0.2) is 0 Å². The number of nitrogens with one attached hydrogen (secondary N) is 2. The smallest absolute Gasteiger partial charge is 0.314 e. The summed E-state index contributed by atoms with van der Waals surface area (Å²) in [5.74, 6) is 0.113. The summed E-state index contributed by atoms with van der Waals surface area (Å²) in [6.45, 7) is 2.03. The molecule has 0 bridgehead atoms. The Morgan fingerprint density at radius 3 is 2.74 bits per heavy atom. The molecular formula is C13H20FN3O2. The first kappa shape index (κ1) is 15.2. The molecule has 0 aliphatic rings. The lowest BCUT2D eigenvalue weighted by Gasteiger charge is -2.11. The van der Waals surface area contributed by atoms with Crippen LogP contribution in [0.5, 0.6) is 5.75 Å². The van der Waals surface area contributed by atoms with Crippen LogP contribution in [0, 0.1) is 5.82 Å². The van der Waals surface area contributed by atoms with Crippen molar-refractivity contribution in [2.24, 2.45) is 0 Å². The van der Waals surface area contributed by atoms with Crippen LogP contribution in [0.25, 0.3) is 0 Å². The van der Waals surface area contributed by atoms with Crippen LogP contribution in [-0.4, -0.2) is 51.3 Å². The largest absolute Gasteiger partial charge is 0.492 e. The molecule has 0 unspecified atom stereocenters. The molecule has 0 spiro atoms. The fourth-order valence-corrected chi connectivity index (χ4v) is 1.35. The number of benzene rings is 1. The van der Waals surface area contributed by atoms with Crippen molar-refractivity contribution in [3.8, 4) is 5.75 Å². The fourth-order valence-electron chi connectivity index (χ4n) is 1.35. The molecule has 2 amide bonds. The number of carbonyl (C=O) groups is 1. The summed E-state index contributed by atoms with van der Waals surface area (Å²) in [6.07, 6.45) is 0. The molecule has 0 saturated carbocycles.